The minimum Gasteiger partial charge on any atom is -0.456 e. The fraction of sp³-hybridized carbons (Fsp3) is 0.0714. The number of hydrogen-bond acceptors (Lipinski definition) is 4. The van der Waals surface area contributed by atoms with Gasteiger partial charge in [-0.15, -0.1) is 0 Å². The molecule has 0 fully saturated rings. The van der Waals surface area contributed by atoms with Gasteiger partial charge in [0, 0.05) is 12.1 Å². The second-order valence-corrected chi connectivity index (χ2v) is 4.44. The summed E-state index contributed by atoms with van der Waals surface area (Å²) in [5, 5.41) is 19.7. The van der Waals surface area contributed by atoms with Crippen molar-refractivity contribution in [3.05, 3.63) is 62.7 Å². The third-order valence-corrected chi connectivity index (χ3v) is 2.97. The van der Waals surface area contributed by atoms with E-state index in [2.05, 4.69) is 0 Å². The molecule has 0 unspecified atom stereocenters. The van der Waals surface area contributed by atoms with Crippen LogP contribution in [0.1, 0.15) is 11.1 Å². The molecule has 100 valence electrons. The van der Waals surface area contributed by atoms with E-state index >= 15 is 0 Å². The van der Waals surface area contributed by atoms with Gasteiger partial charge in [-0.25, -0.2) is 0 Å². The monoisotopic (exact) mass is 288 g/mol. The topological polar surface area (TPSA) is 76.2 Å². The third-order valence-electron chi connectivity index (χ3n) is 2.67. The van der Waals surface area contributed by atoms with Crippen LogP contribution in [0.15, 0.2) is 36.4 Å². The highest BCUT2D eigenvalue weighted by Crippen LogP contribution is 2.33. The Morgan fingerprint density at radius 1 is 1.35 bits per heavy atom. The van der Waals surface area contributed by atoms with Crippen LogP contribution in [0, 0.1) is 28.4 Å². The van der Waals surface area contributed by atoms with Gasteiger partial charge in [-0.2, -0.15) is 5.26 Å². The van der Waals surface area contributed by atoms with E-state index in [4.69, 9.17) is 21.6 Å². The zero-order chi connectivity index (χ0) is 14.7. The Hall–Kier alpha value is -2.58. The summed E-state index contributed by atoms with van der Waals surface area (Å²) in [5.74, 6) is 0.756. The fourth-order valence-electron chi connectivity index (χ4n) is 1.69. The molecule has 2 aromatic rings. The molecule has 0 aliphatic carbocycles. The average Bonchev–Trinajstić information content (AvgIpc) is 2.40. The van der Waals surface area contributed by atoms with Crippen LogP contribution in [0.5, 0.6) is 11.5 Å². The van der Waals surface area contributed by atoms with Crippen LogP contribution in [0.2, 0.25) is 5.02 Å². The second kappa shape index (κ2) is 5.59. The van der Waals surface area contributed by atoms with E-state index in [-0.39, 0.29) is 10.7 Å². The molecule has 0 saturated carbocycles. The normalized spacial score (nSPS) is 9.85. The van der Waals surface area contributed by atoms with E-state index in [1.807, 2.05) is 19.1 Å². The van der Waals surface area contributed by atoms with Gasteiger partial charge in [-0.1, -0.05) is 23.7 Å². The summed E-state index contributed by atoms with van der Waals surface area (Å²) < 4.78 is 5.62. The van der Waals surface area contributed by atoms with Gasteiger partial charge < -0.3 is 4.74 Å². The van der Waals surface area contributed by atoms with Crippen molar-refractivity contribution in [1.29, 1.82) is 5.26 Å². The first kappa shape index (κ1) is 13.8. The Morgan fingerprint density at radius 3 is 2.70 bits per heavy atom. The van der Waals surface area contributed by atoms with Gasteiger partial charge in [0.05, 0.1) is 10.5 Å². The predicted octanol–water partition coefficient (Wildman–Crippen LogP) is 4.22. The van der Waals surface area contributed by atoms with Crippen molar-refractivity contribution in [1.82, 2.24) is 0 Å². The molecule has 0 spiro atoms. The number of aryl methyl sites for hydroxylation is 1. The highest BCUT2D eigenvalue weighted by atomic mass is 35.5. The third kappa shape index (κ3) is 2.71. The Morgan fingerprint density at radius 2 is 2.10 bits per heavy atom. The van der Waals surface area contributed by atoms with E-state index in [0.29, 0.717) is 17.1 Å². The van der Waals surface area contributed by atoms with Crippen molar-refractivity contribution in [3.8, 4) is 17.6 Å². The molecule has 5 nitrogen and oxygen atoms in total. The number of nitriles is 1. The fourth-order valence-corrected chi connectivity index (χ4v) is 1.93. The molecule has 0 aliphatic rings. The molecule has 0 saturated heterocycles. The van der Waals surface area contributed by atoms with Crippen LogP contribution in [0.25, 0.3) is 0 Å². The summed E-state index contributed by atoms with van der Waals surface area (Å²) >= 11 is 5.82. The van der Waals surface area contributed by atoms with Gasteiger partial charge in [0.2, 0.25) is 0 Å². The first-order valence-corrected chi connectivity index (χ1v) is 6.02. The summed E-state index contributed by atoms with van der Waals surface area (Å²) in [7, 11) is 0. The predicted molar refractivity (Wildman–Crippen MR) is 74.1 cm³/mol. The number of nitrogens with zero attached hydrogens (tertiary/aromatic N) is 2. The minimum absolute atomic E-state index is 0.0143. The van der Waals surface area contributed by atoms with E-state index < -0.39 is 4.92 Å². The maximum absolute atomic E-state index is 10.7. The van der Waals surface area contributed by atoms with Crippen molar-refractivity contribution < 1.29 is 9.66 Å². The first-order valence-electron chi connectivity index (χ1n) is 5.64. The Balaban J connectivity index is 2.39. The van der Waals surface area contributed by atoms with Crippen LogP contribution in [0.3, 0.4) is 0 Å². The smallest absolute Gasteiger partial charge is 0.288 e. The number of rotatable bonds is 3. The van der Waals surface area contributed by atoms with Crippen molar-refractivity contribution in [2.45, 2.75) is 6.92 Å². The van der Waals surface area contributed by atoms with E-state index in [1.165, 1.54) is 18.2 Å². The lowest BCUT2D eigenvalue weighted by molar-refractivity contribution is -0.384. The minimum atomic E-state index is -0.569. The first-order chi connectivity index (χ1) is 9.52. The quantitative estimate of drug-likeness (QED) is 0.626. The van der Waals surface area contributed by atoms with Gasteiger partial charge >= 0.3 is 0 Å². The molecule has 0 bridgehead atoms. The van der Waals surface area contributed by atoms with E-state index in [9.17, 15) is 10.1 Å². The standard InChI is InChI=1S/C14H9ClN2O3/c1-9-3-2-4-10(8-16)14(9)20-11-5-6-13(17(18)19)12(15)7-11/h2-7H,1H3. The lowest BCUT2D eigenvalue weighted by atomic mass is 10.1. The van der Waals surface area contributed by atoms with Crippen molar-refractivity contribution in [2.24, 2.45) is 0 Å². The number of ether oxygens (including phenoxy) is 1. The van der Waals surface area contributed by atoms with E-state index in [1.54, 1.807) is 12.1 Å². The highest BCUT2D eigenvalue weighted by molar-refractivity contribution is 6.32. The zero-order valence-corrected chi connectivity index (χ0v) is 11.2. The molecule has 0 amide bonds. The molecule has 0 heterocycles. The number of benzene rings is 2. The molecule has 0 aliphatic heterocycles. The van der Waals surface area contributed by atoms with Gasteiger partial charge in [0.15, 0.2) is 0 Å². The van der Waals surface area contributed by atoms with E-state index in [0.717, 1.165) is 5.56 Å². The number of halogens is 1. The highest BCUT2D eigenvalue weighted by Gasteiger charge is 2.14. The average molecular weight is 289 g/mol. The Bertz CT molecular complexity index is 723. The molecular formula is C14H9ClN2O3. The summed E-state index contributed by atoms with van der Waals surface area (Å²) in [6.45, 7) is 1.81. The van der Waals surface area contributed by atoms with Crippen LogP contribution in [0.4, 0.5) is 5.69 Å². The lowest BCUT2D eigenvalue weighted by Crippen LogP contribution is -1.93. The molecule has 0 N–H and O–H groups in total. The molecule has 0 aromatic heterocycles. The van der Waals surface area contributed by atoms with Gasteiger partial charge in [-0.3, -0.25) is 10.1 Å². The maximum Gasteiger partial charge on any atom is 0.288 e. The van der Waals surface area contributed by atoms with Crippen molar-refractivity contribution in [2.75, 3.05) is 0 Å². The summed E-state index contributed by atoms with van der Waals surface area (Å²) in [4.78, 5) is 10.1. The Labute approximate surface area is 120 Å². The van der Waals surface area contributed by atoms with Gasteiger partial charge in [0.1, 0.15) is 22.6 Å². The SMILES string of the molecule is Cc1cccc(C#N)c1Oc1ccc([N+](=O)[O-])c(Cl)c1. The van der Waals surface area contributed by atoms with Gasteiger partial charge in [0.25, 0.3) is 5.69 Å². The maximum atomic E-state index is 10.7. The van der Waals surface area contributed by atoms with Crippen LogP contribution in [-0.2, 0) is 0 Å². The number of nitro benzene ring substituents is 1. The molecular weight excluding hydrogens is 280 g/mol. The summed E-state index contributed by atoms with van der Waals surface area (Å²) in [5.41, 5.74) is 0.988. The number of para-hydroxylation sites is 1. The van der Waals surface area contributed by atoms with Crippen molar-refractivity contribution >= 4 is 17.3 Å². The molecule has 0 radical (unpaired) electrons. The summed E-state index contributed by atoms with van der Waals surface area (Å²) in [6, 6.07) is 11.3. The van der Waals surface area contributed by atoms with Crippen LogP contribution in [-0.4, -0.2) is 4.92 Å². The number of hydrogen-bond donors (Lipinski definition) is 0. The van der Waals surface area contributed by atoms with Crippen molar-refractivity contribution in [3.63, 3.8) is 0 Å². The zero-order valence-electron chi connectivity index (χ0n) is 10.5. The largest absolute Gasteiger partial charge is 0.456 e. The molecule has 2 aromatic carbocycles. The van der Waals surface area contributed by atoms with Crippen LogP contribution < -0.4 is 4.74 Å². The van der Waals surface area contributed by atoms with Gasteiger partial charge in [-0.05, 0) is 24.6 Å². The lowest BCUT2D eigenvalue weighted by Gasteiger charge is -2.10. The molecule has 20 heavy (non-hydrogen) atoms. The Kier molecular flexibility index (Phi) is 3.87. The van der Waals surface area contributed by atoms with Crippen LogP contribution >= 0.6 is 11.6 Å². The molecule has 6 heteroatoms. The molecule has 2 rings (SSSR count). The second-order valence-electron chi connectivity index (χ2n) is 4.04. The molecule has 0 atom stereocenters. The summed E-state index contributed by atoms with van der Waals surface area (Å²) in [6.07, 6.45) is 0. The number of nitro groups is 1.